The summed E-state index contributed by atoms with van der Waals surface area (Å²) in [5.74, 6) is 1.04. The van der Waals surface area contributed by atoms with Crippen molar-refractivity contribution in [3.63, 3.8) is 0 Å². The van der Waals surface area contributed by atoms with E-state index in [2.05, 4.69) is 0 Å². The van der Waals surface area contributed by atoms with Crippen LogP contribution in [0.5, 0.6) is 5.75 Å². The Hall–Kier alpha value is -2.34. The summed E-state index contributed by atoms with van der Waals surface area (Å²) in [7, 11) is 0. The third-order valence-corrected chi connectivity index (χ3v) is 5.33. The molecule has 0 aliphatic carbocycles. The van der Waals surface area contributed by atoms with Gasteiger partial charge in [0.1, 0.15) is 5.75 Å². The maximum absolute atomic E-state index is 12.3. The van der Waals surface area contributed by atoms with Crippen molar-refractivity contribution < 1.29 is 14.3 Å². The van der Waals surface area contributed by atoms with E-state index in [4.69, 9.17) is 4.74 Å². The molecule has 0 bridgehead atoms. The van der Waals surface area contributed by atoms with Gasteiger partial charge in [-0.15, -0.1) is 11.3 Å². The molecule has 1 aromatic heterocycles. The molecule has 1 fully saturated rings. The first kappa shape index (κ1) is 18.5. The minimum Gasteiger partial charge on any atom is -0.494 e. The molecule has 1 aromatic carbocycles. The molecule has 6 heteroatoms. The minimum atomic E-state index is 0.0681. The molecule has 2 aromatic rings. The fraction of sp³-hybridized carbons (Fsp3) is 0.400. The molecule has 0 saturated carbocycles. The second-order valence-corrected chi connectivity index (χ2v) is 7.36. The Labute approximate surface area is 158 Å². The Morgan fingerprint density at radius 3 is 2.38 bits per heavy atom. The quantitative estimate of drug-likeness (QED) is 0.732. The van der Waals surface area contributed by atoms with Crippen molar-refractivity contribution in [3.05, 3.63) is 52.2 Å². The van der Waals surface area contributed by atoms with Crippen LogP contribution >= 0.6 is 11.3 Å². The van der Waals surface area contributed by atoms with Crippen molar-refractivity contribution in [2.24, 2.45) is 0 Å². The molecule has 1 aliphatic heterocycles. The number of aryl methyl sites for hydroxylation is 1. The van der Waals surface area contributed by atoms with E-state index in [1.807, 2.05) is 58.5 Å². The largest absolute Gasteiger partial charge is 0.494 e. The highest BCUT2D eigenvalue weighted by Gasteiger charge is 2.24. The molecule has 2 heterocycles. The van der Waals surface area contributed by atoms with Crippen LogP contribution in [0, 0.1) is 6.92 Å². The van der Waals surface area contributed by atoms with Gasteiger partial charge < -0.3 is 14.5 Å². The zero-order valence-corrected chi connectivity index (χ0v) is 15.8. The second-order valence-electron chi connectivity index (χ2n) is 6.42. The van der Waals surface area contributed by atoms with E-state index < -0.39 is 0 Å². The molecule has 26 heavy (non-hydrogen) atoms. The Kier molecular flexibility index (Phi) is 6.28. The van der Waals surface area contributed by atoms with Crippen LogP contribution < -0.4 is 4.74 Å². The van der Waals surface area contributed by atoms with E-state index >= 15 is 0 Å². The van der Waals surface area contributed by atoms with E-state index in [1.165, 1.54) is 16.9 Å². The highest BCUT2D eigenvalue weighted by atomic mass is 32.1. The predicted octanol–water partition coefficient (Wildman–Crippen LogP) is 3.20. The van der Waals surface area contributed by atoms with Crippen LogP contribution in [0.3, 0.4) is 0 Å². The number of carbonyl (C=O) groups is 2. The van der Waals surface area contributed by atoms with E-state index in [1.54, 1.807) is 0 Å². The number of ether oxygens (including phenoxy) is 1. The molecule has 0 atom stereocenters. The van der Waals surface area contributed by atoms with Gasteiger partial charge in [0.2, 0.25) is 5.91 Å². The van der Waals surface area contributed by atoms with Gasteiger partial charge in [0.25, 0.3) is 5.91 Å². The first-order chi connectivity index (χ1) is 12.6. The summed E-state index contributed by atoms with van der Waals surface area (Å²) in [5.41, 5.74) is 1.20. The highest BCUT2D eigenvalue weighted by molar-refractivity contribution is 7.12. The second kappa shape index (κ2) is 8.85. The van der Waals surface area contributed by atoms with Crippen LogP contribution in [-0.4, -0.2) is 54.4 Å². The van der Waals surface area contributed by atoms with Crippen LogP contribution in [-0.2, 0) is 4.79 Å². The minimum absolute atomic E-state index is 0.0681. The van der Waals surface area contributed by atoms with Gasteiger partial charge in [0.05, 0.1) is 11.5 Å². The van der Waals surface area contributed by atoms with Gasteiger partial charge in [-0.25, -0.2) is 0 Å². The molecule has 5 nitrogen and oxygen atoms in total. The van der Waals surface area contributed by atoms with Gasteiger partial charge >= 0.3 is 0 Å². The van der Waals surface area contributed by atoms with Gasteiger partial charge in [0, 0.05) is 32.6 Å². The lowest BCUT2D eigenvalue weighted by molar-refractivity contribution is -0.132. The summed E-state index contributed by atoms with van der Waals surface area (Å²) in [6, 6.07) is 11.6. The number of thiophene rings is 1. The number of piperazine rings is 1. The summed E-state index contributed by atoms with van der Waals surface area (Å²) >= 11 is 1.46. The number of carbonyl (C=O) groups excluding carboxylic acids is 2. The number of amides is 2. The van der Waals surface area contributed by atoms with Crippen molar-refractivity contribution in [3.8, 4) is 5.75 Å². The van der Waals surface area contributed by atoms with Crippen molar-refractivity contribution in [1.82, 2.24) is 9.80 Å². The van der Waals surface area contributed by atoms with Gasteiger partial charge in [-0.2, -0.15) is 0 Å². The Bertz CT molecular complexity index is 720. The summed E-state index contributed by atoms with van der Waals surface area (Å²) in [5, 5.41) is 1.91. The fourth-order valence-corrected chi connectivity index (χ4v) is 3.61. The molecule has 3 rings (SSSR count). The lowest BCUT2D eigenvalue weighted by atomic mass is 10.2. The maximum atomic E-state index is 12.3. The van der Waals surface area contributed by atoms with Crippen molar-refractivity contribution in [1.29, 1.82) is 0 Å². The maximum Gasteiger partial charge on any atom is 0.264 e. The third kappa shape index (κ3) is 4.85. The number of hydrogen-bond acceptors (Lipinski definition) is 4. The fourth-order valence-electron chi connectivity index (χ4n) is 2.92. The topological polar surface area (TPSA) is 49.9 Å². The monoisotopic (exact) mass is 372 g/mol. The first-order valence-electron chi connectivity index (χ1n) is 8.93. The zero-order valence-electron chi connectivity index (χ0n) is 15.0. The van der Waals surface area contributed by atoms with Crippen LogP contribution in [0.25, 0.3) is 0 Å². The van der Waals surface area contributed by atoms with Crippen LogP contribution in [0.4, 0.5) is 0 Å². The van der Waals surface area contributed by atoms with Gasteiger partial charge in [-0.1, -0.05) is 23.8 Å². The first-order valence-corrected chi connectivity index (χ1v) is 9.81. The van der Waals surface area contributed by atoms with E-state index in [9.17, 15) is 9.59 Å². The summed E-state index contributed by atoms with van der Waals surface area (Å²) in [6.45, 7) is 4.98. The smallest absolute Gasteiger partial charge is 0.264 e. The van der Waals surface area contributed by atoms with Gasteiger partial charge in [-0.3, -0.25) is 9.59 Å². The number of hydrogen-bond donors (Lipinski definition) is 0. The normalized spacial score (nSPS) is 14.3. The molecule has 0 radical (unpaired) electrons. The molecule has 1 aliphatic rings. The summed E-state index contributed by atoms with van der Waals surface area (Å²) < 4.78 is 5.67. The molecule has 1 saturated heterocycles. The average Bonchev–Trinajstić information content (AvgIpc) is 3.21. The number of benzene rings is 1. The van der Waals surface area contributed by atoms with Crippen LogP contribution in [0.15, 0.2) is 41.8 Å². The number of rotatable bonds is 6. The van der Waals surface area contributed by atoms with Gasteiger partial charge in [0.15, 0.2) is 0 Å². The van der Waals surface area contributed by atoms with E-state index in [0.29, 0.717) is 45.6 Å². The third-order valence-electron chi connectivity index (χ3n) is 4.48. The van der Waals surface area contributed by atoms with Crippen LogP contribution in [0.1, 0.15) is 28.1 Å². The molecular formula is C20H24N2O3S. The van der Waals surface area contributed by atoms with Crippen molar-refractivity contribution >= 4 is 23.2 Å². The van der Waals surface area contributed by atoms with Crippen molar-refractivity contribution in [2.75, 3.05) is 32.8 Å². The SMILES string of the molecule is Cc1ccc(OCCCC(=O)N2CCN(C(=O)c3cccs3)CC2)cc1. The van der Waals surface area contributed by atoms with Crippen molar-refractivity contribution in [2.45, 2.75) is 19.8 Å². The average molecular weight is 372 g/mol. The van der Waals surface area contributed by atoms with E-state index in [0.717, 1.165) is 10.6 Å². The molecule has 0 N–H and O–H groups in total. The molecule has 0 spiro atoms. The Morgan fingerprint density at radius 1 is 1.04 bits per heavy atom. The lowest BCUT2D eigenvalue weighted by Gasteiger charge is -2.34. The molecule has 0 unspecified atom stereocenters. The Morgan fingerprint density at radius 2 is 1.73 bits per heavy atom. The van der Waals surface area contributed by atoms with E-state index in [-0.39, 0.29) is 11.8 Å². The van der Waals surface area contributed by atoms with Gasteiger partial charge in [-0.05, 0) is 36.9 Å². The summed E-state index contributed by atoms with van der Waals surface area (Å²) in [6.07, 6.45) is 1.17. The molecular weight excluding hydrogens is 348 g/mol. The lowest BCUT2D eigenvalue weighted by Crippen LogP contribution is -2.50. The summed E-state index contributed by atoms with van der Waals surface area (Å²) in [4.78, 5) is 29.1. The highest BCUT2D eigenvalue weighted by Crippen LogP contribution is 2.15. The molecule has 138 valence electrons. The molecule has 2 amide bonds. The predicted molar refractivity (Wildman–Crippen MR) is 103 cm³/mol. The number of nitrogens with zero attached hydrogens (tertiary/aromatic N) is 2. The standard InChI is InChI=1S/C20H24N2O3S/c1-16-6-8-17(9-7-16)25-14-2-5-19(23)21-10-12-22(13-11-21)20(24)18-4-3-15-26-18/h3-4,6-9,15H,2,5,10-14H2,1H3. The zero-order chi connectivity index (χ0) is 18.4. The Balaban J connectivity index is 1.36. The van der Waals surface area contributed by atoms with Crippen LogP contribution in [0.2, 0.25) is 0 Å².